The van der Waals surface area contributed by atoms with Crippen molar-refractivity contribution in [3.8, 4) is 11.5 Å². The molecule has 0 bridgehead atoms. The van der Waals surface area contributed by atoms with Crippen LogP contribution >= 0.6 is 0 Å². The van der Waals surface area contributed by atoms with E-state index in [0.29, 0.717) is 11.9 Å². The van der Waals surface area contributed by atoms with E-state index < -0.39 is 0 Å². The van der Waals surface area contributed by atoms with Gasteiger partial charge in [-0.05, 0) is 69.8 Å². The van der Waals surface area contributed by atoms with Gasteiger partial charge in [0.2, 0.25) is 11.8 Å². The zero-order chi connectivity index (χ0) is 21.6. The first-order valence-corrected chi connectivity index (χ1v) is 12.2. The maximum Gasteiger partial charge on any atom is 0.226 e. The molecule has 2 heterocycles. The summed E-state index contributed by atoms with van der Waals surface area (Å²) in [5.74, 6) is 2.03. The molecule has 2 fully saturated rings. The monoisotopic (exact) mass is 423 g/mol. The fourth-order valence-corrected chi connectivity index (χ4v) is 4.89. The van der Waals surface area contributed by atoms with E-state index in [1.807, 2.05) is 6.92 Å². The van der Waals surface area contributed by atoms with Crippen LogP contribution in [0.4, 0.5) is 0 Å². The van der Waals surface area contributed by atoms with Crippen molar-refractivity contribution in [2.24, 2.45) is 5.92 Å². The summed E-state index contributed by atoms with van der Waals surface area (Å²) in [6.07, 6.45) is 10.3. The van der Waals surface area contributed by atoms with Gasteiger partial charge >= 0.3 is 0 Å². The Kier molecular flexibility index (Phi) is 7.44. The minimum absolute atomic E-state index is 0.158. The van der Waals surface area contributed by atoms with Crippen molar-refractivity contribution in [3.63, 3.8) is 0 Å². The molecule has 1 aromatic carbocycles. The number of carbonyl (C=O) groups excluding carboxylic acids is 1. The van der Waals surface area contributed by atoms with Crippen molar-refractivity contribution in [3.05, 3.63) is 41.3 Å². The molecule has 0 unspecified atom stereocenters. The lowest BCUT2D eigenvalue weighted by atomic mass is 9.95. The Balaban J connectivity index is 1.28. The number of aryl methyl sites for hydroxylation is 2. The van der Waals surface area contributed by atoms with Crippen molar-refractivity contribution in [2.75, 3.05) is 13.1 Å². The maximum absolute atomic E-state index is 12.7. The van der Waals surface area contributed by atoms with Crippen molar-refractivity contribution >= 4 is 5.91 Å². The van der Waals surface area contributed by atoms with E-state index >= 15 is 0 Å². The van der Waals surface area contributed by atoms with Crippen LogP contribution in [-0.4, -0.2) is 34.9 Å². The Morgan fingerprint density at radius 1 is 1.06 bits per heavy atom. The summed E-state index contributed by atoms with van der Waals surface area (Å²) >= 11 is 0. The van der Waals surface area contributed by atoms with Crippen molar-refractivity contribution in [1.29, 1.82) is 0 Å². The lowest BCUT2D eigenvalue weighted by Gasteiger charge is -2.31. The van der Waals surface area contributed by atoms with Crippen LogP contribution in [0.1, 0.15) is 75.3 Å². The number of amides is 1. The van der Waals surface area contributed by atoms with Crippen LogP contribution in [0.3, 0.4) is 0 Å². The Morgan fingerprint density at radius 2 is 1.74 bits per heavy atom. The van der Waals surface area contributed by atoms with E-state index in [-0.39, 0.29) is 11.8 Å². The first-order valence-electron chi connectivity index (χ1n) is 12.2. The van der Waals surface area contributed by atoms with Crippen LogP contribution in [-0.2, 0) is 17.8 Å². The Bertz CT molecular complexity index is 842. The van der Waals surface area contributed by atoms with Gasteiger partial charge in [0.25, 0.3) is 0 Å². The summed E-state index contributed by atoms with van der Waals surface area (Å²) in [6.45, 7) is 6.83. The van der Waals surface area contributed by atoms with Gasteiger partial charge < -0.3 is 9.73 Å². The number of hydrogen-bond donors (Lipinski definition) is 1. The fraction of sp³-hybridized carbons (Fsp3) is 0.615. The van der Waals surface area contributed by atoms with Gasteiger partial charge in [0.15, 0.2) is 0 Å². The van der Waals surface area contributed by atoms with Crippen LogP contribution in [0.15, 0.2) is 28.7 Å². The van der Waals surface area contributed by atoms with Gasteiger partial charge in [0.05, 0.1) is 5.69 Å². The maximum atomic E-state index is 12.7. The molecule has 31 heavy (non-hydrogen) atoms. The number of likely N-dealkylation sites (tertiary alicyclic amines) is 1. The molecule has 4 rings (SSSR count). The predicted molar refractivity (Wildman–Crippen MR) is 124 cm³/mol. The van der Waals surface area contributed by atoms with E-state index in [9.17, 15) is 4.79 Å². The number of nitrogens with zero attached hydrogens (tertiary/aromatic N) is 2. The zero-order valence-corrected chi connectivity index (χ0v) is 19.2. The van der Waals surface area contributed by atoms with Gasteiger partial charge in [-0.3, -0.25) is 9.69 Å². The largest absolute Gasteiger partial charge is 0.441 e. The molecule has 1 aliphatic carbocycles. The summed E-state index contributed by atoms with van der Waals surface area (Å²) in [6, 6.07) is 8.85. The first kappa shape index (κ1) is 22.1. The number of rotatable bonds is 6. The van der Waals surface area contributed by atoms with Gasteiger partial charge in [-0.25, -0.2) is 4.98 Å². The Labute approximate surface area is 186 Å². The number of nitrogens with one attached hydrogen (secondary N) is 1. The van der Waals surface area contributed by atoms with Crippen LogP contribution in [0, 0.1) is 12.8 Å². The van der Waals surface area contributed by atoms with Crippen molar-refractivity contribution in [2.45, 2.75) is 84.2 Å². The number of carbonyl (C=O) groups is 1. The molecule has 5 nitrogen and oxygen atoms in total. The van der Waals surface area contributed by atoms with Gasteiger partial charge in [0, 0.05) is 24.1 Å². The highest BCUT2D eigenvalue weighted by molar-refractivity contribution is 5.79. The number of aromatic nitrogens is 1. The summed E-state index contributed by atoms with van der Waals surface area (Å²) in [5, 5.41) is 3.35. The second-order valence-corrected chi connectivity index (χ2v) is 9.32. The molecule has 0 atom stereocenters. The second kappa shape index (κ2) is 10.4. The van der Waals surface area contributed by atoms with Crippen molar-refractivity contribution < 1.29 is 9.21 Å². The molecular formula is C26H37N3O2. The smallest absolute Gasteiger partial charge is 0.226 e. The van der Waals surface area contributed by atoms with E-state index in [1.165, 1.54) is 31.2 Å². The Morgan fingerprint density at radius 3 is 2.39 bits per heavy atom. The quantitative estimate of drug-likeness (QED) is 0.644. The normalized spacial score (nSPS) is 19.3. The number of oxazole rings is 1. The third kappa shape index (κ3) is 5.76. The molecule has 1 N–H and O–H groups in total. The van der Waals surface area contributed by atoms with E-state index in [1.54, 1.807) is 0 Å². The highest BCUT2D eigenvalue weighted by Crippen LogP contribution is 2.25. The van der Waals surface area contributed by atoms with Crippen molar-refractivity contribution in [1.82, 2.24) is 15.2 Å². The predicted octanol–water partition coefficient (Wildman–Crippen LogP) is 5.26. The third-order valence-corrected chi connectivity index (χ3v) is 7.04. The number of benzene rings is 1. The molecule has 1 aliphatic heterocycles. The molecule has 5 heteroatoms. The van der Waals surface area contributed by atoms with Crippen LogP contribution in [0.25, 0.3) is 11.5 Å². The topological polar surface area (TPSA) is 58.4 Å². The highest BCUT2D eigenvalue weighted by Gasteiger charge is 2.27. The average molecular weight is 424 g/mol. The number of hydrogen-bond acceptors (Lipinski definition) is 4. The molecule has 168 valence electrons. The van der Waals surface area contributed by atoms with E-state index in [0.717, 1.165) is 68.8 Å². The SMILES string of the molecule is CCc1ccc(-c2nc(CN3CCC(C(=O)NC4CCCCCC4)CC3)c(C)o2)cc1. The first-order chi connectivity index (χ1) is 15.1. The zero-order valence-electron chi connectivity index (χ0n) is 19.2. The summed E-state index contributed by atoms with van der Waals surface area (Å²) in [7, 11) is 0. The van der Waals surface area contributed by atoms with Crippen LogP contribution in [0.5, 0.6) is 0 Å². The third-order valence-electron chi connectivity index (χ3n) is 7.04. The fourth-order valence-electron chi connectivity index (χ4n) is 4.89. The van der Waals surface area contributed by atoms with Crippen LogP contribution < -0.4 is 5.32 Å². The summed E-state index contributed by atoms with van der Waals surface area (Å²) in [4.78, 5) is 19.9. The molecule has 1 aromatic heterocycles. The lowest BCUT2D eigenvalue weighted by molar-refractivity contribution is -0.127. The minimum Gasteiger partial charge on any atom is -0.441 e. The van der Waals surface area contributed by atoms with Gasteiger partial charge in [-0.15, -0.1) is 0 Å². The minimum atomic E-state index is 0.158. The number of piperidine rings is 1. The molecule has 0 spiro atoms. The standard InChI is InChI=1S/C26H37N3O2/c1-3-20-10-12-22(13-11-20)26-28-24(19(2)31-26)18-29-16-14-21(15-17-29)25(30)27-23-8-6-4-5-7-9-23/h10-13,21,23H,3-9,14-18H2,1-2H3,(H,27,30). The molecule has 1 saturated heterocycles. The van der Waals surface area contributed by atoms with Crippen LogP contribution in [0.2, 0.25) is 0 Å². The Hall–Kier alpha value is -2.14. The summed E-state index contributed by atoms with van der Waals surface area (Å²) in [5.41, 5.74) is 3.36. The lowest BCUT2D eigenvalue weighted by Crippen LogP contribution is -2.43. The highest BCUT2D eigenvalue weighted by atomic mass is 16.4. The van der Waals surface area contributed by atoms with E-state index in [4.69, 9.17) is 9.40 Å². The summed E-state index contributed by atoms with van der Waals surface area (Å²) < 4.78 is 5.97. The van der Waals surface area contributed by atoms with Gasteiger partial charge in [-0.2, -0.15) is 0 Å². The molecular weight excluding hydrogens is 386 g/mol. The molecule has 1 amide bonds. The molecule has 0 radical (unpaired) electrons. The second-order valence-electron chi connectivity index (χ2n) is 9.32. The molecule has 2 aromatic rings. The molecule has 2 aliphatic rings. The van der Waals surface area contributed by atoms with Gasteiger partial charge in [-0.1, -0.05) is 44.7 Å². The van der Waals surface area contributed by atoms with E-state index in [2.05, 4.69) is 41.4 Å². The molecule has 1 saturated carbocycles. The van der Waals surface area contributed by atoms with Gasteiger partial charge in [0.1, 0.15) is 5.76 Å². The average Bonchev–Trinajstić information content (AvgIpc) is 2.98.